The maximum Gasteiger partial charge on any atom is 0.0571 e. The molecule has 1 nitrogen and oxygen atoms in total. The molecule has 73 heavy (non-hydrogen) atoms. The zero-order chi connectivity index (χ0) is 48.0. The third kappa shape index (κ3) is 6.69. The molecular weight excluding hydrogens is 899 g/mol. The van der Waals surface area contributed by atoms with Gasteiger partial charge in [-0.25, -0.2) is 0 Å². The molecule has 2 heteroatoms. The number of nitrogens with zero attached hydrogens (tertiary/aromatic N) is 1. The third-order valence-corrected chi connectivity index (χ3v) is 18.9. The molecule has 7 aromatic carbocycles. The summed E-state index contributed by atoms with van der Waals surface area (Å²) in [6.45, 7) is 0. The second kappa shape index (κ2) is 17.3. The molecule has 6 unspecified atom stereocenters. The molecule has 7 aliphatic carbocycles. The summed E-state index contributed by atoms with van der Waals surface area (Å²) in [4.78, 5) is 4.26. The zero-order valence-corrected chi connectivity index (χ0v) is 41.7. The lowest BCUT2D eigenvalue weighted by Crippen LogP contribution is -2.34. The van der Waals surface area contributed by atoms with Crippen LogP contribution < -0.4 is 4.90 Å². The second-order valence-corrected chi connectivity index (χ2v) is 22.4. The number of benzene rings is 7. The molecule has 1 spiro atoms. The lowest BCUT2D eigenvalue weighted by Gasteiger charge is -2.38. The highest BCUT2D eigenvalue weighted by molar-refractivity contribution is 8.04. The summed E-state index contributed by atoms with van der Waals surface area (Å²) in [5, 5.41) is 3.02. The van der Waals surface area contributed by atoms with Crippen molar-refractivity contribution >= 4 is 50.6 Å². The SMILES string of the molecule is C1=CCCC(C2=CC(c3ccccc3)=CC(N(c3ccc(-c4ccc5ccccc5c4C4=CC5SC6=CC=CCC6C5C=C4)cc3)c3cccc4c3-c3ccccc3C43c4ccccc4C4=CC=CCC43)C2)=C1. The van der Waals surface area contributed by atoms with E-state index in [1.165, 1.54) is 106 Å². The molecule has 0 saturated carbocycles. The molecule has 350 valence electrons. The van der Waals surface area contributed by atoms with Crippen LogP contribution in [0.2, 0.25) is 0 Å². The van der Waals surface area contributed by atoms with Crippen LogP contribution in [-0.4, -0.2) is 11.3 Å². The summed E-state index contributed by atoms with van der Waals surface area (Å²) < 4.78 is 0. The molecule has 0 aromatic heterocycles. The van der Waals surface area contributed by atoms with Crippen molar-refractivity contribution in [3.63, 3.8) is 0 Å². The van der Waals surface area contributed by atoms with Gasteiger partial charge < -0.3 is 4.90 Å². The van der Waals surface area contributed by atoms with Crippen LogP contribution in [0.5, 0.6) is 0 Å². The lowest BCUT2D eigenvalue weighted by molar-refractivity contribution is 0.494. The molecule has 7 aromatic rings. The molecule has 1 heterocycles. The number of allylic oxidation sites excluding steroid dienone is 17. The van der Waals surface area contributed by atoms with Crippen molar-refractivity contribution in [1.82, 2.24) is 0 Å². The number of rotatable bonds is 7. The van der Waals surface area contributed by atoms with Gasteiger partial charge in [-0.2, -0.15) is 0 Å². The van der Waals surface area contributed by atoms with Gasteiger partial charge in [0.25, 0.3) is 0 Å². The molecule has 0 amide bonds. The van der Waals surface area contributed by atoms with Gasteiger partial charge in [0.2, 0.25) is 0 Å². The van der Waals surface area contributed by atoms with E-state index in [2.05, 4.69) is 259 Å². The van der Waals surface area contributed by atoms with Gasteiger partial charge in [0, 0.05) is 39.9 Å². The maximum atomic E-state index is 2.72. The number of hydrogen-bond acceptors (Lipinski definition) is 2. The van der Waals surface area contributed by atoms with Crippen LogP contribution in [0, 0.1) is 17.8 Å². The van der Waals surface area contributed by atoms with E-state index in [9.17, 15) is 0 Å². The molecule has 0 bridgehead atoms. The summed E-state index contributed by atoms with van der Waals surface area (Å²) in [7, 11) is 0. The van der Waals surface area contributed by atoms with Gasteiger partial charge in [-0.15, -0.1) is 11.8 Å². The summed E-state index contributed by atoms with van der Waals surface area (Å²) in [6, 6.07) is 60.4. The maximum absolute atomic E-state index is 2.72. The van der Waals surface area contributed by atoms with E-state index in [0.29, 0.717) is 23.0 Å². The van der Waals surface area contributed by atoms with E-state index in [1.54, 1.807) is 4.91 Å². The normalized spacial score (nSPS) is 24.6. The van der Waals surface area contributed by atoms with Crippen LogP contribution in [-0.2, 0) is 5.41 Å². The van der Waals surface area contributed by atoms with Crippen molar-refractivity contribution in [2.45, 2.75) is 48.8 Å². The second-order valence-electron chi connectivity index (χ2n) is 21.1. The summed E-state index contributed by atoms with van der Waals surface area (Å²) in [6.07, 6.45) is 38.8. The topological polar surface area (TPSA) is 3.24 Å². The summed E-state index contributed by atoms with van der Waals surface area (Å²) >= 11 is 2.08. The van der Waals surface area contributed by atoms with Gasteiger partial charge in [0.1, 0.15) is 0 Å². The van der Waals surface area contributed by atoms with Gasteiger partial charge >= 0.3 is 0 Å². The van der Waals surface area contributed by atoms with Crippen molar-refractivity contribution in [2.24, 2.45) is 17.8 Å². The van der Waals surface area contributed by atoms with Crippen molar-refractivity contribution < 1.29 is 0 Å². The van der Waals surface area contributed by atoms with Crippen molar-refractivity contribution in [1.29, 1.82) is 0 Å². The zero-order valence-electron chi connectivity index (χ0n) is 40.9. The Kier molecular flexibility index (Phi) is 10.2. The molecule has 15 rings (SSSR count). The molecule has 1 fully saturated rings. The molecule has 1 saturated heterocycles. The van der Waals surface area contributed by atoms with Crippen LogP contribution in [0.25, 0.3) is 49.7 Å². The molecule has 0 N–H and O–H groups in total. The van der Waals surface area contributed by atoms with E-state index in [-0.39, 0.29) is 11.5 Å². The Bertz CT molecular complexity index is 3770. The highest BCUT2D eigenvalue weighted by Crippen LogP contribution is 2.67. The number of hydrogen-bond donors (Lipinski definition) is 0. The lowest BCUT2D eigenvalue weighted by atomic mass is 9.65. The first-order valence-corrected chi connectivity index (χ1v) is 27.5. The van der Waals surface area contributed by atoms with Crippen LogP contribution in [0.15, 0.2) is 259 Å². The fourth-order valence-electron chi connectivity index (χ4n) is 14.4. The van der Waals surface area contributed by atoms with E-state index in [0.717, 1.165) is 32.1 Å². The van der Waals surface area contributed by atoms with Gasteiger partial charge in [-0.05, 0) is 144 Å². The van der Waals surface area contributed by atoms with E-state index < -0.39 is 0 Å². The minimum Gasteiger partial charge on any atom is -0.334 e. The number of thioether (sulfide) groups is 1. The van der Waals surface area contributed by atoms with Crippen LogP contribution in [0.4, 0.5) is 11.4 Å². The average molecular weight is 954 g/mol. The van der Waals surface area contributed by atoms with Gasteiger partial charge in [-0.3, -0.25) is 0 Å². The first kappa shape index (κ1) is 43.0. The Morgan fingerprint density at radius 3 is 2.19 bits per heavy atom. The Balaban J connectivity index is 0.918. The molecule has 6 atom stereocenters. The Hall–Kier alpha value is -7.65. The van der Waals surface area contributed by atoms with E-state index >= 15 is 0 Å². The first-order valence-electron chi connectivity index (χ1n) is 26.6. The Morgan fingerprint density at radius 2 is 1.32 bits per heavy atom. The largest absolute Gasteiger partial charge is 0.334 e. The van der Waals surface area contributed by atoms with Crippen molar-refractivity contribution in [3.05, 3.63) is 292 Å². The fraction of sp³-hybridized carbons (Fsp3) is 0.155. The predicted octanol–water partition coefficient (Wildman–Crippen LogP) is 18.1. The third-order valence-electron chi connectivity index (χ3n) is 17.5. The van der Waals surface area contributed by atoms with Gasteiger partial charge in [0.05, 0.1) is 11.5 Å². The Labute approximate surface area is 434 Å². The van der Waals surface area contributed by atoms with Crippen LogP contribution in [0.3, 0.4) is 0 Å². The molecule has 0 radical (unpaired) electrons. The molecule has 1 aliphatic heterocycles. The van der Waals surface area contributed by atoms with Crippen LogP contribution in [0.1, 0.15) is 65.5 Å². The van der Waals surface area contributed by atoms with E-state index in [4.69, 9.17) is 0 Å². The van der Waals surface area contributed by atoms with Crippen LogP contribution >= 0.6 is 11.8 Å². The molecule has 8 aliphatic rings. The number of fused-ring (bicyclic) bond motifs is 14. The van der Waals surface area contributed by atoms with Crippen molar-refractivity contribution in [2.75, 3.05) is 4.90 Å². The van der Waals surface area contributed by atoms with Crippen molar-refractivity contribution in [3.8, 4) is 22.3 Å². The average Bonchev–Trinajstić information content (AvgIpc) is 4.11. The number of anilines is 2. The highest BCUT2D eigenvalue weighted by Gasteiger charge is 2.56. The summed E-state index contributed by atoms with van der Waals surface area (Å²) in [5.41, 5.74) is 22.6. The van der Waals surface area contributed by atoms with Gasteiger partial charge in [-0.1, -0.05) is 225 Å². The first-order chi connectivity index (χ1) is 36.2. The van der Waals surface area contributed by atoms with Gasteiger partial charge in [0.15, 0.2) is 0 Å². The quantitative estimate of drug-likeness (QED) is 0.157. The smallest absolute Gasteiger partial charge is 0.0571 e. The molecular formula is C71H55NS. The Morgan fingerprint density at radius 1 is 0.548 bits per heavy atom. The predicted molar refractivity (Wildman–Crippen MR) is 310 cm³/mol. The monoisotopic (exact) mass is 953 g/mol. The minimum absolute atomic E-state index is 0.0339. The summed E-state index contributed by atoms with van der Waals surface area (Å²) in [5.74, 6) is 1.44. The standard InChI is InChI=1S/C71H55NS/c1-3-18-46(19-4-1)51-42-52(47-20-5-2-6-21-47)44-54(43-51)72(66-32-17-31-65-70(66)61-27-11-15-30-64(61)71(65)62-28-13-9-24-57(62)58-25-10-14-29-63(58)71)53-38-34-49(35-39-53)56-40-36-48-22-7-8-23-55(48)69(56)50-37-41-60-59-26-12-16-33-67(59)73-68(60)45-50/h1-5,7-20,22-25,27-28,30-43,45,54,59-60,63,68H,6,21,26,29,44H2. The highest BCUT2D eigenvalue weighted by atomic mass is 32.2. The fourth-order valence-corrected chi connectivity index (χ4v) is 15.9. The van der Waals surface area contributed by atoms with E-state index in [1.807, 2.05) is 0 Å². The minimum atomic E-state index is -0.301.